The summed E-state index contributed by atoms with van der Waals surface area (Å²) in [6, 6.07) is -0.426. The summed E-state index contributed by atoms with van der Waals surface area (Å²) in [5.41, 5.74) is 5.49. The number of alkyl halides is 3. The molecular weight excluding hydrogens is 439 g/mol. The predicted octanol–water partition coefficient (Wildman–Crippen LogP) is 2.19. The van der Waals surface area contributed by atoms with E-state index in [9.17, 15) is 27.6 Å². The van der Waals surface area contributed by atoms with Gasteiger partial charge >= 0.3 is 12.2 Å². The number of nitrogens with two attached hydrogens (primary N) is 1. The highest BCUT2D eigenvalue weighted by atomic mass is 19.4. The molecule has 2 aliphatic carbocycles. The van der Waals surface area contributed by atoms with Crippen LogP contribution in [-0.4, -0.2) is 72.7 Å². The monoisotopic (exact) mass is 475 g/mol. The van der Waals surface area contributed by atoms with E-state index in [-0.39, 0.29) is 50.8 Å². The minimum atomic E-state index is -4.23. The fourth-order valence-electron chi connectivity index (χ4n) is 5.34. The minimum absolute atomic E-state index is 0.00130. The Balaban J connectivity index is 1.58. The van der Waals surface area contributed by atoms with Crippen molar-refractivity contribution in [1.29, 1.82) is 0 Å². The molecule has 188 valence electrons. The molecule has 1 heterocycles. The second kappa shape index (κ2) is 11.4. The molecule has 3 atom stereocenters. The first-order valence-corrected chi connectivity index (χ1v) is 12.1. The number of urea groups is 1. The molecule has 0 radical (unpaired) electrons. The molecule has 0 aromatic heterocycles. The van der Waals surface area contributed by atoms with Gasteiger partial charge in [0.2, 0.25) is 11.8 Å². The lowest BCUT2D eigenvalue weighted by Crippen LogP contribution is -2.65. The van der Waals surface area contributed by atoms with Gasteiger partial charge in [0.15, 0.2) is 0 Å². The lowest BCUT2D eigenvalue weighted by Gasteiger charge is -2.43. The number of carbonyl (C=O) groups is 3. The number of rotatable bonds is 6. The van der Waals surface area contributed by atoms with E-state index in [0.29, 0.717) is 25.3 Å². The fraction of sp³-hybridized carbons (Fsp3) is 0.864. The Kier molecular flexibility index (Phi) is 8.83. The van der Waals surface area contributed by atoms with Crippen LogP contribution in [0.4, 0.5) is 18.0 Å². The van der Waals surface area contributed by atoms with Crippen molar-refractivity contribution in [2.24, 2.45) is 23.5 Å². The van der Waals surface area contributed by atoms with E-state index in [4.69, 9.17) is 5.73 Å². The van der Waals surface area contributed by atoms with E-state index >= 15 is 0 Å². The molecule has 3 rings (SSSR count). The normalized spacial score (nSPS) is 27.4. The maximum Gasteiger partial charge on any atom is 0.391 e. The van der Waals surface area contributed by atoms with Crippen molar-refractivity contribution in [1.82, 2.24) is 20.4 Å². The van der Waals surface area contributed by atoms with E-state index in [2.05, 4.69) is 10.6 Å². The molecule has 1 saturated heterocycles. The van der Waals surface area contributed by atoms with E-state index < -0.39 is 30.2 Å². The summed E-state index contributed by atoms with van der Waals surface area (Å²) < 4.78 is 39.5. The van der Waals surface area contributed by atoms with Crippen molar-refractivity contribution in [3.63, 3.8) is 0 Å². The molecule has 0 aromatic carbocycles. The summed E-state index contributed by atoms with van der Waals surface area (Å²) in [6.07, 6.45) is 1.90. The third kappa shape index (κ3) is 7.22. The van der Waals surface area contributed by atoms with Gasteiger partial charge in [-0.3, -0.25) is 9.59 Å². The van der Waals surface area contributed by atoms with Gasteiger partial charge < -0.3 is 26.2 Å². The zero-order chi connectivity index (χ0) is 24.0. The summed E-state index contributed by atoms with van der Waals surface area (Å²) in [5, 5.41) is 5.63. The maximum atomic E-state index is 13.2. The van der Waals surface area contributed by atoms with Crippen molar-refractivity contribution in [2.45, 2.75) is 70.1 Å². The summed E-state index contributed by atoms with van der Waals surface area (Å²) in [4.78, 5) is 40.2. The van der Waals surface area contributed by atoms with Crippen molar-refractivity contribution >= 4 is 17.8 Å². The van der Waals surface area contributed by atoms with Gasteiger partial charge in [0.05, 0.1) is 19.0 Å². The first-order valence-electron chi connectivity index (χ1n) is 12.1. The number of hydrogen-bond donors (Lipinski definition) is 3. The van der Waals surface area contributed by atoms with E-state index in [1.54, 1.807) is 0 Å². The van der Waals surface area contributed by atoms with Gasteiger partial charge in [0.1, 0.15) is 12.7 Å². The molecule has 2 saturated carbocycles. The Labute approximate surface area is 192 Å². The third-order valence-corrected chi connectivity index (χ3v) is 7.22. The average molecular weight is 476 g/mol. The minimum Gasteiger partial charge on any atom is -0.338 e. The van der Waals surface area contributed by atoms with Crippen LogP contribution in [0.25, 0.3) is 0 Å². The molecule has 11 heteroatoms. The molecule has 2 unspecified atom stereocenters. The van der Waals surface area contributed by atoms with Gasteiger partial charge in [0, 0.05) is 13.1 Å². The summed E-state index contributed by atoms with van der Waals surface area (Å²) >= 11 is 0. The van der Waals surface area contributed by atoms with Gasteiger partial charge in [-0.05, 0) is 43.9 Å². The Morgan fingerprint density at radius 2 is 1.73 bits per heavy atom. The van der Waals surface area contributed by atoms with Crippen molar-refractivity contribution in [3.8, 4) is 0 Å². The quantitative estimate of drug-likeness (QED) is 0.547. The highest BCUT2D eigenvalue weighted by Crippen LogP contribution is 2.40. The van der Waals surface area contributed by atoms with Crippen LogP contribution in [0.5, 0.6) is 0 Å². The largest absolute Gasteiger partial charge is 0.391 e. The van der Waals surface area contributed by atoms with Gasteiger partial charge in [0.25, 0.3) is 0 Å². The number of nitrogens with one attached hydrogen (secondary N) is 2. The standard InChI is InChI=1S/C22H36F3N5O3/c23-22(24,25)17-8-4-7-16(9-17)12-29-13-18(30(14-20(29)32)19(31)10-26)28-21(33)27-11-15-5-2-1-3-6-15/h15-18H,1-14,26H2,(H2,27,28,33)/t16?,17?,18-/m1/s1. The lowest BCUT2D eigenvalue weighted by atomic mass is 9.80. The highest BCUT2D eigenvalue weighted by molar-refractivity contribution is 5.88. The number of piperazine rings is 1. The second-order valence-electron chi connectivity index (χ2n) is 9.67. The van der Waals surface area contributed by atoms with Crippen LogP contribution in [0.1, 0.15) is 57.8 Å². The Morgan fingerprint density at radius 1 is 1.03 bits per heavy atom. The van der Waals surface area contributed by atoms with Gasteiger partial charge in [-0.2, -0.15) is 13.2 Å². The summed E-state index contributed by atoms with van der Waals surface area (Å²) in [5.74, 6) is -1.97. The van der Waals surface area contributed by atoms with E-state index in [0.717, 1.165) is 25.7 Å². The van der Waals surface area contributed by atoms with Crippen LogP contribution in [0, 0.1) is 17.8 Å². The van der Waals surface area contributed by atoms with Crippen LogP contribution in [0.2, 0.25) is 0 Å². The Bertz CT molecular complexity index is 699. The molecule has 4 N–H and O–H groups in total. The zero-order valence-electron chi connectivity index (χ0n) is 19.0. The van der Waals surface area contributed by atoms with Gasteiger partial charge in [-0.25, -0.2) is 4.79 Å². The molecule has 3 aliphatic rings. The Morgan fingerprint density at radius 3 is 2.39 bits per heavy atom. The molecule has 1 aliphatic heterocycles. The number of carbonyl (C=O) groups excluding carboxylic acids is 3. The average Bonchev–Trinajstić information content (AvgIpc) is 2.79. The van der Waals surface area contributed by atoms with Crippen LogP contribution in [0.3, 0.4) is 0 Å². The maximum absolute atomic E-state index is 13.2. The molecule has 4 amide bonds. The first-order chi connectivity index (χ1) is 15.7. The molecule has 0 aromatic rings. The van der Waals surface area contributed by atoms with Crippen LogP contribution in [-0.2, 0) is 9.59 Å². The molecule has 0 spiro atoms. The molecule has 0 bridgehead atoms. The molecule has 33 heavy (non-hydrogen) atoms. The van der Waals surface area contributed by atoms with Crippen molar-refractivity contribution in [3.05, 3.63) is 0 Å². The third-order valence-electron chi connectivity index (χ3n) is 7.22. The molecule has 8 nitrogen and oxygen atoms in total. The van der Waals surface area contributed by atoms with Gasteiger partial charge in [-0.15, -0.1) is 0 Å². The molecular formula is C22H36F3N5O3. The fourth-order valence-corrected chi connectivity index (χ4v) is 5.34. The van der Waals surface area contributed by atoms with Gasteiger partial charge in [-0.1, -0.05) is 25.7 Å². The first kappa shape index (κ1) is 25.6. The van der Waals surface area contributed by atoms with E-state index in [1.165, 1.54) is 16.2 Å². The summed E-state index contributed by atoms with van der Waals surface area (Å²) in [7, 11) is 0. The predicted molar refractivity (Wildman–Crippen MR) is 116 cm³/mol. The number of nitrogens with zero attached hydrogens (tertiary/aromatic N) is 2. The van der Waals surface area contributed by atoms with Crippen LogP contribution >= 0.6 is 0 Å². The van der Waals surface area contributed by atoms with Crippen molar-refractivity contribution < 1.29 is 27.6 Å². The highest BCUT2D eigenvalue weighted by Gasteiger charge is 2.43. The van der Waals surface area contributed by atoms with E-state index in [1.807, 2.05) is 0 Å². The molecule has 3 fully saturated rings. The smallest absolute Gasteiger partial charge is 0.338 e. The van der Waals surface area contributed by atoms with Crippen molar-refractivity contribution in [2.75, 3.05) is 32.7 Å². The number of amides is 4. The number of halogens is 3. The SMILES string of the molecule is NCC(=O)N1CC(=O)N(CC2CCCC(C(F)(F)F)C2)C[C@@H]1NC(=O)NCC1CCCCC1. The van der Waals surface area contributed by atoms with Crippen LogP contribution < -0.4 is 16.4 Å². The van der Waals surface area contributed by atoms with Crippen LogP contribution in [0.15, 0.2) is 0 Å². The summed E-state index contributed by atoms with van der Waals surface area (Å²) in [6.45, 7) is 0.226. The number of hydrogen-bond acceptors (Lipinski definition) is 4. The second-order valence-corrected chi connectivity index (χ2v) is 9.67. The Hall–Kier alpha value is -2.04. The lowest BCUT2D eigenvalue weighted by molar-refractivity contribution is -0.186. The topological polar surface area (TPSA) is 108 Å². The zero-order valence-corrected chi connectivity index (χ0v) is 19.0.